The van der Waals surface area contributed by atoms with Gasteiger partial charge >= 0.3 is 0 Å². The smallest absolute Gasteiger partial charge is 0.242 e. The van der Waals surface area contributed by atoms with Gasteiger partial charge in [0.1, 0.15) is 23.1 Å². The van der Waals surface area contributed by atoms with Gasteiger partial charge in [0, 0.05) is 13.0 Å². The molecule has 0 spiro atoms. The van der Waals surface area contributed by atoms with Gasteiger partial charge in [-0.25, -0.2) is 17.5 Å². The van der Waals surface area contributed by atoms with Gasteiger partial charge in [0.15, 0.2) is 0 Å². The molecule has 0 aromatic heterocycles. The Morgan fingerprint density at radius 3 is 2.46 bits per heavy atom. The van der Waals surface area contributed by atoms with Gasteiger partial charge < -0.3 is 10.1 Å². The SMILES string of the molecule is O=C(CCNS(=O)(=O)c1ccccc1Cl)NCCOc1ccc(F)cc1. The highest BCUT2D eigenvalue weighted by molar-refractivity contribution is 7.89. The Kier molecular flexibility index (Phi) is 7.38. The number of rotatable bonds is 9. The van der Waals surface area contributed by atoms with Crippen LogP contribution in [0.25, 0.3) is 0 Å². The normalized spacial score (nSPS) is 11.2. The van der Waals surface area contributed by atoms with Crippen LogP contribution in [0.3, 0.4) is 0 Å². The summed E-state index contributed by atoms with van der Waals surface area (Å²) in [7, 11) is -3.77. The number of halogens is 2. The summed E-state index contributed by atoms with van der Waals surface area (Å²) >= 11 is 5.86. The Labute approximate surface area is 156 Å². The molecule has 0 aliphatic rings. The maximum atomic E-state index is 12.7. The van der Waals surface area contributed by atoms with Crippen LogP contribution < -0.4 is 14.8 Å². The van der Waals surface area contributed by atoms with E-state index in [-0.39, 0.29) is 47.8 Å². The number of carbonyl (C=O) groups is 1. The van der Waals surface area contributed by atoms with Crippen LogP contribution in [0, 0.1) is 5.82 Å². The number of hydrogen-bond acceptors (Lipinski definition) is 4. The topological polar surface area (TPSA) is 84.5 Å². The van der Waals surface area contributed by atoms with Crippen LogP contribution in [0.5, 0.6) is 5.75 Å². The summed E-state index contributed by atoms with van der Waals surface area (Å²) in [6.45, 7) is 0.397. The second kappa shape index (κ2) is 9.51. The van der Waals surface area contributed by atoms with Crippen molar-refractivity contribution >= 4 is 27.5 Å². The minimum absolute atomic E-state index is 0.0275. The summed E-state index contributed by atoms with van der Waals surface area (Å²) in [4.78, 5) is 11.7. The molecule has 0 saturated carbocycles. The van der Waals surface area contributed by atoms with Crippen molar-refractivity contribution in [2.24, 2.45) is 0 Å². The van der Waals surface area contributed by atoms with Gasteiger partial charge in [-0.1, -0.05) is 23.7 Å². The molecular weight excluding hydrogens is 383 g/mol. The molecular formula is C17H18ClFN2O4S. The van der Waals surface area contributed by atoms with Crippen LogP contribution in [-0.4, -0.2) is 34.0 Å². The van der Waals surface area contributed by atoms with Crippen molar-refractivity contribution in [3.63, 3.8) is 0 Å². The molecule has 2 aromatic carbocycles. The van der Waals surface area contributed by atoms with Crippen LogP contribution in [0.4, 0.5) is 4.39 Å². The molecule has 0 heterocycles. The van der Waals surface area contributed by atoms with E-state index in [1.165, 1.54) is 36.4 Å². The Morgan fingerprint density at radius 2 is 1.77 bits per heavy atom. The van der Waals surface area contributed by atoms with Crippen molar-refractivity contribution in [2.75, 3.05) is 19.7 Å². The molecule has 6 nitrogen and oxygen atoms in total. The average Bonchev–Trinajstić information content (AvgIpc) is 2.60. The summed E-state index contributed by atoms with van der Waals surface area (Å²) in [5.41, 5.74) is 0. The fourth-order valence-electron chi connectivity index (χ4n) is 2.02. The molecule has 0 atom stereocenters. The first-order valence-corrected chi connectivity index (χ1v) is 9.64. The maximum Gasteiger partial charge on any atom is 0.242 e. The largest absolute Gasteiger partial charge is 0.492 e. The highest BCUT2D eigenvalue weighted by Gasteiger charge is 2.17. The lowest BCUT2D eigenvalue weighted by Crippen LogP contribution is -2.32. The third-order valence-corrected chi connectivity index (χ3v) is 5.24. The van der Waals surface area contributed by atoms with Gasteiger partial charge in [0.2, 0.25) is 15.9 Å². The first-order chi connectivity index (χ1) is 12.4. The lowest BCUT2D eigenvalue weighted by atomic mass is 10.3. The monoisotopic (exact) mass is 400 g/mol. The lowest BCUT2D eigenvalue weighted by molar-refractivity contribution is -0.121. The molecule has 1 amide bonds. The van der Waals surface area contributed by atoms with Gasteiger partial charge in [0.05, 0.1) is 11.6 Å². The Balaban J connectivity index is 1.67. The van der Waals surface area contributed by atoms with Crippen LogP contribution in [0.15, 0.2) is 53.4 Å². The Hall–Kier alpha value is -2.16. The minimum atomic E-state index is -3.77. The van der Waals surface area contributed by atoms with Crippen LogP contribution in [-0.2, 0) is 14.8 Å². The van der Waals surface area contributed by atoms with Crippen molar-refractivity contribution < 1.29 is 22.3 Å². The second-order valence-corrected chi connectivity index (χ2v) is 7.37. The predicted octanol–water partition coefficient (Wildman–Crippen LogP) is 2.34. The summed E-state index contributed by atoms with van der Waals surface area (Å²) < 4.78 is 44.6. The number of amides is 1. The summed E-state index contributed by atoms with van der Waals surface area (Å²) in [5.74, 6) is -0.187. The van der Waals surface area contributed by atoms with Gasteiger partial charge in [-0.15, -0.1) is 0 Å². The lowest BCUT2D eigenvalue weighted by Gasteiger charge is -2.09. The zero-order chi connectivity index (χ0) is 19.0. The second-order valence-electron chi connectivity index (χ2n) is 5.23. The number of hydrogen-bond donors (Lipinski definition) is 2. The van der Waals surface area contributed by atoms with Crippen molar-refractivity contribution in [2.45, 2.75) is 11.3 Å². The molecule has 0 bridgehead atoms. The molecule has 2 rings (SSSR count). The Morgan fingerprint density at radius 1 is 1.08 bits per heavy atom. The number of benzene rings is 2. The fraction of sp³-hybridized carbons (Fsp3) is 0.235. The van der Waals surface area contributed by atoms with E-state index in [4.69, 9.17) is 16.3 Å². The highest BCUT2D eigenvalue weighted by atomic mass is 35.5. The molecule has 0 aliphatic heterocycles. The minimum Gasteiger partial charge on any atom is -0.492 e. The standard InChI is InChI=1S/C17H18ClFN2O4S/c18-15-3-1-2-4-16(15)26(23,24)21-10-9-17(22)20-11-12-25-14-7-5-13(19)6-8-14/h1-8,21H,9-12H2,(H,20,22). The Bertz CT molecular complexity index is 844. The van der Waals surface area contributed by atoms with E-state index < -0.39 is 10.0 Å². The van der Waals surface area contributed by atoms with E-state index in [2.05, 4.69) is 10.0 Å². The average molecular weight is 401 g/mol. The van der Waals surface area contributed by atoms with Crippen LogP contribution in [0.2, 0.25) is 5.02 Å². The summed E-state index contributed by atoms with van der Waals surface area (Å²) in [6, 6.07) is 11.6. The van der Waals surface area contributed by atoms with Crippen LogP contribution in [0.1, 0.15) is 6.42 Å². The first-order valence-electron chi connectivity index (χ1n) is 7.78. The number of ether oxygens (including phenoxy) is 1. The summed E-state index contributed by atoms with van der Waals surface area (Å²) in [6.07, 6.45) is -0.0275. The fourth-order valence-corrected chi connectivity index (χ4v) is 3.57. The van der Waals surface area contributed by atoms with Gasteiger partial charge in [-0.2, -0.15) is 0 Å². The molecule has 140 valence electrons. The molecule has 0 radical (unpaired) electrons. The zero-order valence-corrected chi connectivity index (χ0v) is 15.3. The van der Waals surface area contributed by atoms with E-state index in [9.17, 15) is 17.6 Å². The molecule has 2 N–H and O–H groups in total. The highest BCUT2D eigenvalue weighted by Crippen LogP contribution is 2.19. The number of carbonyl (C=O) groups excluding carboxylic acids is 1. The van der Waals surface area contributed by atoms with E-state index in [0.29, 0.717) is 5.75 Å². The van der Waals surface area contributed by atoms with Crippen molar-refractivity contribution in [1.29, 1.82) is 0 Å². The predicted molar refractivity (Wildman–Crippen MR) is 96.2 cm³/mol. The van der Waals surface area contributed by atoms with Crippen LogP contribution >= 0.6 is 11.6 Å². The molecule has 0 fully saturated rings. The quantitative estimate of drug-likeness (QED) is 0.633. The first kappa shape index (κ1) is 20.2. The van der Waals surface area contributed by atoms with Gasteiger partial charge in [-0.05, 0) is 36.4 Å². The molecule has 0 unspecified atom stereocenters. The van der Waals surface area contributed by atoms with E-state index in [1.54, 1.807) is 12.1 Å². The van der Waals surface area contributed by atoms with Gasteiger partial charge in [0.25, 0.3) is 0 Å². The number of nitrogens with one attached hydrogen (secondary N) is 2. The van der Waals surface area contributed by atoms with Crippen molar-refractivity contribution in [3.05, 3.63) is 59.4 Å². The van der Waals surface area contributed by atoms with Crippen molar-refractivity contribution in [3.8, 4) is 5.75 Å². The molecule has 26 heavy (non-hydrogen) atoms. The third-order valence-electron chi connectivity index (χ3n) is 3.28. The number of sulfonamides is 1. The van der Waals surface area contributed by atoms with E-state index in [1.807, 2.05) is 0 Å². The van der Waals surface area contributed by atoms with Gasteiger partial charge in [-0.3, -0.25) is 4.79 Å². The molecule has 2 aromatic rings. The molecule has 0 saturated heterocycles. The molecule has 0 aliphatic carbocycles. The third kappa shape index (κ3) is 6.29. The van der Waals surface area contributed by atoms with E-state index >= 15 is 0 Å². The molecule has 9 heteroatoms. The summed E-state index contributed by atoms with van der Waals surface area (Å²) in [5, 5.41) is 2.72. The van der Waals surface area contributed by atoms with Crippen molar-refractivity contribution in [1.82, 2.24) is 10.0 Å². The van der Waals surface area contributed by atoms with E-state index in [0.717, 1.165) is 0 Å². The maximum absolute atomic E-state index is 12.7. The zero-order valence-electron chi connectivity index (χ0n) is 13.7.